The van der Waals surface area contributed by atoms with E-state index in [4.69, 9.17) is 0 Å². The average molecular weight is 297 g/mol. The number of fused-ring (bicyclic) bond motifs is 1. The Labute approximate surface area is 129 Å². The van der Waals surface area contributed by atoms with Crippen molar-refractivity contribution in [1.82, 2.24) is 15.1 Å². The predicted molar refractivity (Wildman–Crippen MR) is 83.9 cm³/mol. The zero-order chi connectivity index (χ0) is 15.7. The van der Waals surface area contributed by atoms with Crippen molar-refractivity contribution in [3.8, 4) is 0 Å². The van der Waals surface area contributed by atoms with Gasteiger partial charge in [0, 0.05) is 24.7 Å². The van der Waals surface area contributed by atoms with Gasteiger partial charge in [0.2, 0.25) is 0 Å². The van der Waals surface area contributed by atoms with Crippen molar-refractivity contribution in [1.29, 1.82) is 0 Å². The summed E-state index contributed by atoms with van der Waals surface area (Å²) in [5, 5.41) is 7.34. The summed E-state index contributed by atoms with van der Waals surface area (Å²) in [6.45, 7) is 1.99. The largest absolute Gasteiger partial charge is 0.349 e. The number of carbonyl (C=O) groups excluding carboxylic acids is 1. The van der Waals surface area contributed by atoms with Gasteiger partial charge in [0.1, 0.15) is 0 Å². The summed E-state index contributed by atoms with van der Waals surface area (Å²) in [6.07, 6.45) is 2.29. The maximum Gasteiger partial charge on any atom is 0.266 e. The molecule has 0 radical (unpaired) electrons. The highest BCUT2D eigenvalue weighted by atomic mass is 16.1. The van der Waals surface area contributed by atoms with Gasteiger partial charge in [-0.05, 0) is 43.9 Å². The standard InChI is InChI=1S/C17H19N3O2/c1-11-3-5-12(6-4-11)17(22)18-14-7-8-15-13(9-14)10-16(21)20(2)19-15/h3-6,10,14H,7-9H2,1-2H3,(H,18,22). The van der Waals surface area contributed by atoms with Gasteiger partial charge in [0.25, 0.3) is 11.5 Å². The summed E-state index contributed by atoms with van der Waals surface area (Å²) in [4.78, 5) is 24.0. The van der Waals surface area contributed by atoms with Crippen molar-refractivity contribution in [2.75, 3.05) is 0 Å². The lowest BCUT2D eigenvalue weighted by Crippen LogP contribution is -2.40. The molecule has 1 heterocycles. The van der Waals surface area contributed by atoms with E-state index in [9.17, 15) is 9.59 Å². The Morgan fingerprint density at radius 3 is 2.77 bits per heavy atom. The second-order valence-corrected chi connectivity index (χ2v) is 5.86. The first-order chi connectivity index (χ1) is 10.5. The number of aryl methyl sites for hydroxylation is 3. The lowest BCUT2D eigenvalue weighted by atomic mass is 9.92. The third-order valence-electron chi connectivity index (χ3n) is 4.10. The van der Waals surface area contributed by atoms with Gasteiger partial charge in [-0.15, -0.1) is 0 Å². The van der Waals surface area contributed by atoms with Crippen LogP contribution in [-0.4, -0.2) is 21.7 Å². The minimum atomic E-state index is -0.107. The number of nitrogens with zero attached hydrogens (tertiary/aromatic N) is 2. The first-order valence-corrected chi connectivity index (χ1v) is 7.46. The van der Waals surface area contributed by atoms with E-state index in [1.54, 1.807) is 13.1 Å². The number of hydrogen-bond donors (Lipinski definition) is 1. The minimum absolute atomic E-state index is 0.0511. The molecule has 0 fully saturated rings. The Balaban J connectivity index is 1.72. The molecule has 114 valence electrons. The molecule has 0 saturated carbocycles. The van der Waals surface area contributed by atoms with Crippen molar-refractivity contribution >= 4 is 5.91 Å². The van der Waals surface area contributed by atoms with Crippen LogP contribution in [0.5, 0.6) is 0 Å². The molecule has 5 heteroatoms. The van der Waals surface area contributed by atoms with Crippen molar-refractivity contribution in [3.05, 3.63) is 63.1 Å². The van der Waals surface area contributed by atoms with E-state index >= 15 is 0 Å². The number of nitrogens with one attached hydrogen (secondary N) is 1. The van der Waals surface area contributed by atoms with Crippen LogP contribution in [0, 0.1) is 6.92 Å². The summed E-state index contributed by atoms with van der Waals surface area (Å²) < 4.78 is 1.37. The minimum Gasteiger partial charge on any atom is -0.349 e. The number of rotatable bonds is 2. The van der Waals surface area contributed by atoms with Crippen LogP contribution in [0.15, 0.2) is 35.1 Å². The third-order valence-corrected chi connectivity index (χ3v) is 4.10. The normalized spacial score (nSPS) is 16.9. The molecule has 0 aliphatic heterocycles. The lowest BCUT2D eigenvalue weighted by Gasteiger charge is -2.24. The highest BCUT2D eigenvalue weighted by Crippen LogP contribution is 2.18. The molecule has 2 aromatic rings. The van der Waals surface area contributed by atoms with Crippen LogP contribution in [0.4, 0.5) is 0 Å². The number of carbonyl (C=O) groups is 1. The molecule has 1 atom stereocenters. The molecule has 1 aromatic carbocycles. The Bertz CT molecular complexity index is 762. The Morgan fingerprint density at radius 2 is 2.05 bits per heavy atom. The van der Waals surface area contributed by atoms with E-state index in [1.807, 2.05) is 31.2 Å². The number of amides is 1. The molecule has 3 rings (SSSR count). The van der Waals surface area contributed by atoms with Crippen LogP contribution in [-0.2, 0) is 19.9 Å². The summed E-state index contributed by atoms with van der Waals surface area (Å²) in [7, 11) is 1.66. The zero-order valence-electron chi connectivity index (χ0n) is 12.8. The lowest BCUT2D eigenvalue weighted by molar-refractivity contribution is 0.0933. The zero-order valence-corrected chi connectivity index (χ0v) is 12.8. The van der Waals surface area contributed by atoms with Gasteiger partial charge in [-0.3, -0.25) is 9.59 Å². The summed E-state index contributed by atoms with van der Waals surface area (Å²) >= 11 is 0. The van der Waals surface area contributed by atoms with Gasteiger partial charge in [0.05, 0.1) is 5.69 Å². The Morgan fingerprint density at radius 1 is 1.32 bits per heavy atom. The van der Waals surface area contributed by atoms with Crippen LogP contribution in [0.1, 0.15) is 33.6 Å². The molecule has 22 heavy (non-hydrogen) atoms. The van der Waals surface area contributed by atoms with E-state index in [1.165, 1.54) is 4.68 Å². The SMILES string of the molecule is Cc1ccc(C(=O)NC2CCc3nn(C)c(=O)cc3C2)cc1. The van der Waals surface area contributed by atoms with Crippen LogP contribution in [0.3, 0.4) is 0 Å². The fourth-order valence-corrected chi connectivity index (χ4v) is 2.78. The fourth-order valence-electron chi connectivity index (χ4n) is 2.78. The van der Waals surface area contributed by atoms with Crippen LogP contribution < -0.4 is 10.9 Å². The van der Waals surface area contributed by atoms with Gasteiger partial charge < -0.3 is 5.32 Å². The predicted octanol–water partition coefficient (Wildman–Crippen LogP) is 1.38. The number of benzene rings is 1. The van der Waals surface area contributed by atoms with Crippen molar-refractivity contribution in [2.45, 2.75) is 32.2 Å². The van der Waals surface area contributed by atoms with Crippen molar-refractivity contribution in [3.63, 3.8) is 0 Å². The number of aromatic nitrogens is 2. The maximum absolute atomic E-state index is 12.3. The highest BCUT2D eigenvalue weighted by Gasteiger charge is 2.22. The van der Waals surface area contributed by atoms with Crippen molar-refractivity contribution in [2.24, 2.45) is 7.05 Å². The summed E-state index contributed by atoms with van der Waals surface area (Å²) in [5.74, 6) is -0.0646. The van der Waals surface area contributed by atoms with Crippen LogP contribution >= 0.6 is 0 Å². The summed E-state index contributed by atoms with van der Waals surface area (Å²) in [6, 6.07) is 9.21. The van der Waals surface area contributed by atoms with E-state index in [-0.39, 0.29) is 17.5 Å². The smallest absolute Gasteiger partial charge is 0.266 e. The molecule has 1 aromatic heterocycles. The maximum atomic E-state index is 12.3. The monoisotopic (exact) mass is 297 g/mol. The van der Waals surface area contributed by atoms with Gasteiger partial charge in [-0.25, -0.2) is 4.68 Å². The van der Waals surface area contributed by atoms with Gasteiger partial charge in [-0.2, -0.15) is 5.10 Å². The molecule has 1 aliphatic carbocycles. The molecule has 1 amide bonds. The fraction of sp³-hybridized carbons (Fsp3) is 0.353. The third kappa shape index (κ3) is 2.93. The molecule has 0 saturated heterocycles. The van der Waals surface area contributed by atoms with E-state index in [0.717, 1.165) is 29.7 Å². The van der Waals surface area contributed by atoms with E-state index < -0.39 is 0 Å². The van der Waals surface area contributed by atoms with Crippen LogP contribution in [0.2, 0.25) is 0 Å². The molecule has 1 aliphatic rings. The quantitative estimate of drug-likeness (QED) is 0.910. The molecular weight excluding hydrogens is 278 g/mol. The molecule has 5 nitrogen and oxygen atoms in total. The highest BCUT2D eigenvalue weighted by molar-refractivity contribution is 5.94. The molecule has 0 spiro atoms. The van der Waals surface area contributed by atoms with Crippen LogP contribution in [0.25, 0.3) is 0 Å². The van der Waals surface area contributed by atoms with Gasteiger partial charge >= 0.3 is 0 Å². The second-order valence-electron chi connectivity index (χ2n) is 5.86. The number of hydrogen-bond acceptors (Lipinski definition) is 3. The molecule has 0 bridgehead atoms. The van der Waals surface area contributed by atoms with E-state index in [2.05, 4.69) is 10.4 Å². The topological polar surface area (TPSA) is 64.0 Å². The molecule has 1 N–H and O–H groups in total. The first kappa shape index (κ1) is 14.5. The van der Waals surface area contributed by atoms with E-state index in [0.29, 0.717) is 12.0 Å². The first-order valence-electron chi connectivity index (χ1n) is 7.46. The Kier molecular flexibility index (Phi) is 3.79. The molecular formula is C17H19N3O2. The molecule has 1 unspecified atom stereocenters. The Hall–Kier alpha value is -2.43. The van der Waals surface area contributed by atoms with Crippen molar-refractivity contribution < 1.29 is 4.79 Å². The average Bonchev–Trinajstić information content (AvgIpc) is 2.49. The van der Waals surface area contributed by atoms with Gasteiger partial charge in [0.15, 0.2) is 0 Å². The van der Waals surface area contributed by atoms with Gasteiger partial charge in [-0.1, -0.05) is 17.7 Å². The summed E-state index contributed by atoms with van der Waals surface area (Å²) in [5.41, 5.74) is 3.60. The second kappa shape index (κ2) is 5.75.